The van der Waals surface area contributed by atoms with Crippen LogP contribution in [0.3, 0.4) is 0 Å². The number of carbonyl (C=O) groups is 2. The summed E-state index contributed by atoms with van der Waals surface area (Å²) in [4.78, 5) is 28.2. The highest BCUT2D eigenvalue weighted by Gasteiger charge is 2.24. The van der Waals surface area contributed by atoms with E-state index < -0.39 is 5.97 Å². The van der Waals surface area contributed by atoms with Crippen LogP contribution in [0.5, 0.6) is 0 Å². The fraction of sp³-hybridized carbons (Fsp3) is 0.263. The number of carboxylic acids is 1. The van der Waals surface area contributed by atoms with E-state index in [1.807, 2.05) is 28.5 Å². The van der Waals surface area contributed by atoms with Gasteiger partial charge in [-0.3, -0.25) is 9.69 Å². The molecule has 1 aromatic heterocycles. The van der Waals surface area contributed by atoms with Gasteiger partial charge in [-0.05, 0) is 28.6 Å². The maximum Gasteiger partial charge on any atom is 0.328 e. The number of carbonyl (C=O) groups excluding carboxylic acids is 1. The van der Waals surface area contributed by atoms with Crippen LogP contribution in [0.15, 0.2) is 47.9 Å². The van der Waals surface area contributed by atoms with Crippen molar-refractivity contribution in [2.24, 2.45) is 0 Å². The second-order valence-electron chi connectivity index (χ2n) is 5.93. The fourth-order valence-electron chi connectivity index (χ4n) is 2.88. The molecule has 1 aliphatic heterocycles. The Labute approximate surface area is 150 Å². The first kappa shape index (κ1) is 17.4. The minimum absolute atomic E-state index is 0.0144. The maximum absolute atomic E-state index is 12.7. The third-order valence-electron chi connectivity index (χ3n) is 4.20. The summed E-state index contributed by atoms with van der Waals surface area (Å²) in [7, 11) is 0. The molecule has 3 rings (SSSR count). The van der Waals surface area contributed by atoms with Crippen LogP contribution in [0, 0.1) is 0 Å². The van der Waals surface area contributed by atoms with Crippen molar-refractivity contribution in [1.82, 2.24) is 9.80 Å². The molecule has 1 aliphatic rings. The molecule has 5 nitrogen and oxygen atoms in total. The van der Waals surface area contributed by atoms with Crippen LogP contribution in [0.2, 0.25) is 0 Å². The lowest BCUT2D eigenvalue weighted by atomic mass is 10.2. The number of rotatable bonds is 5. The summed E-state index contributed by atoms with van der Waals surface area (Å²) in [5.41, 5.74) is 1.95. The maximum atomic E-state index is 12.7. The standard InChI is InChI=1S/C19H20N2O3S/c22-17(23)7-6-16-8-13-25-18(16)19(24)21-11-9-20(10-12-21)14-15-4-2-1-3-5-15/h1-8,13H,9-12,14H2,(H,22,23)/b7-6+. The molecular formula is C19H20N2O3S. The highest BCUT2D eigenvalue weighted by Crippen LogP contribution is 2.21. The zero-order valence-corrected chi connectivity index (χ0v) is 14.6. The molecule has 1 aromatic carbocycles. The van der Waals surface area contributed by atoms with Gasteiger partial charge in [-0.25, -0.2) is 4.79 Å². The number of carboxylic acid groups (broad SMARTS) is 1. The lowest BCUT2D eigenvalue weighted by Gasteiger charge is -2.34. The number of thiophene rings is 1. The van der Waals surface area contributed by atoms with E-state index in [-0.39, 0.29) is 5.91 Å². The monoisotopic (exact) mass is 356 g/mol. The largest absolute Gasteiger partial charge is 0.478 e. The number of piperazine rings is 1. The van der Waals surface area contributed by atoms with Crippen molar-refractivity contribution in [2.45, 2.75) is 6.54 Å². The predicted octanol–water partition coefficient (Wildman–Crippen LogP) is 2.80. The Hall–Kier alpha value is -2.44. The van der Waals surface area contributed by atoms with Crippen LogP contribution in [0.25, 0.3) is 6.08 Å². The normalized spacial score (nSPS) is 15.6. The first-order valence-corrected chi connectivity index (χ1v) is 9.05. The molecule has 0 atom stereocenters. The Morgan fingerprint density at radius 1 is 1.08 bits per heavy atom. The lowest BCUT2D eigenvalue weighted by Crippen LogP contribution is -2.48. The van der Waals surface area contributed by atoms with Crippen molar-refractivity contribution >= 4 is 29.3 Å². The number of amides is 1. The molecule has 6 heteroatoms. The Morgan fingerprint density at radius 3 is 2.48 bits per heavy atom. The van der Waals surface area contributed by atoms with Gasteiger partial charge >= 0.3 is 5.97 Å². The van der Waals surface area contributed by atoms with Crippen LogP contribution in [-0.4, -0.2) is 53.0 Å². The average molecular weight is 356 g/mol. The van der Waals surface area contributed by atoms with Gasteiger partial charge in [0.05, 0.1) is 4.88 Å². The van der Waals surface area contributed by atoms with Crippen molar-refractivity contribution < 1.29 is 14.7 Å². The Morgan fingerprint density at radius 2 is 1.80 bits per heavy atom. The third-order valence-corrected chi connectivity index (χ3v) is 5.12. The average Bonchev–Trinajstić information content (AvgIpc) is 3.09. The molecule has 1 fully saturated rings. The molecule has 0 bridgehead atoms. The van der Waals surface area contributed by atoms with Crippen molar-refractivity contribution in [3.05, 3.63) is 63.9 Å². The SMILES string of the molecule is O=C(O)/C=C/c1ccsc1C(=O)N1CCN(Cc2ccccc2)CC1. The number of aliphatic carboxylic acids is 1. The molecule has 0 unspecified atom stereocenters. The van der Waals surface area contributed by atoms with E-state index in [9.17, 15) is 9.59 Å². The van der Waals surface area contributed by atoms with Gasteiger partial charge in [-0.15, -0.1) is 11.3 Å². The van der Waals surface area contributed by atoms with Crippen molar-refractivity contribution in [3.63, 3.8) is 0 Å². The van der Waals surface area contributed by atoms with E-state index in [1.54, 1.807) is 6.07 Å². The molecule has 25 heavy (non-hydrogen) atoms. The number of hydrogen-bond donors (Lipinski definition) is 1. The highest BCUT2D eigenvalue weighted by molar-refractivity contribution is 7.12. The van der Waals surface area contributed by atoms with Gasteiger partial charge in [-0.2, -0.15) is 0 Å². The number of hydrogen-bond acceptors (Lipinski definition) is 4. The summed E-state index contributed by atoms with van der Waals surface area (Å²) in [6, 6.07) is 12.1. The molecule has 1 amide bonds. The summed E-state index contributed by atoms with van der Waals surface area (Å²) < 4.78 is 0. The number of benzene rings is 1. The van der Waals surface area contributed by atoms with Gasteiger partial charge in [-0.1, -0.05) is 30.3 Å². The quantitative estimate of drug-likeness (QED) is 0.837. The third kappa shape index (κ3) is 4.55. The number of nitrogens with zero attached hydrogens (tertiary/aromatic N) is 2. The van der Waals surface area contributed by atoms with Gasteiger partial charge in [0.2, 0.25) is 0 Å². The van der Waals surface area contributed by atoms with E-state index in [0.717, 1.165) is 25.7 Å². The molecule has 0 aliphatic carbocycles. The molecule has 1 N–H and O–H groups in total. The summed E-state index contributed by atoms with van der Waals surface area (Å²) in [5.74, 6) is -1.03. The van der Waals surface area contributed by atoms with E-state index in [4.69, 9.17) is 5.11 Å². The Balaban J connectivity index is 1.59. The van der Waals surface area contributed by atoms with E-state index in [1.165, 1.54) is 23.0 Å². The van der Waals surface area contributed by atoms with E-state index >= 15 is 0 Å². The molecule has 0 radical (unpaired) electrons. The highest BCUT2D eigenvalue weighted by atomic mass is 32.1. The van der Waals surface area contributed by atoms with Gasteiger partial charge in [0.25, 0.3) is 5.91 Å². The van der Waals surface area contributed by atoms with Crippen LogP contribution in [-0.2, 0) is 11.3 Å². The summed E-state index contributed by atoms with van der Waals surface area (Å²) in [6.07, 6.45) is 2.55. The lowest BCUT2D eigenvalue weighted by molar-refractivity contribution is -0.131. The molecule has 2 heterocycles. The van der Waals surface area contributed by atoms with Crippen LogP contribution in [0.4, 0.5) is 0 Å². The van der Waals surface area contributed by atoms with E-state index in [2.05, 4.69) is 17.0 Å². The van der Waals surface area contributed by atoms with Gasteiger partial charge in [0.15, 0.2) is 0 Å². The Bertz CT molecular complexity index is 762. The predicted molar refractivity (Wildman–Crippen MR) is 98.6 cm³/mol. The zero-order chi connectivity index (χ0) is 17.6. The smallest absolute Gasteiger partial charge is 0.328 e. The van der Waals surface area contributed by atoms with Crippen molar-refractivity contribution in [2.75, 3.05) is 26.2 Å². The second kappa shape index (κ2) is 8.09. The minimum atomic E-state index is -1.01. The first-order chi connectivity index (χ1) is 12.1. The minimum Gasteiger partial charge on any atom is -0.478 e. The van der Waals surface area contributed by atoms with Crippen LogP contribution in [0.1, 0.15) is 20.8 Å². The summed E-state index contributed by atoms with van der Waals surface area (Å²) >= 11 is 1.36. The molecule has 0 saturated carbocycles. The second-order valence-corrected chi connectivity index (χ2v) is 6.85. The van der Waals surface area contributed by atoms with Gasteiger partial charge < -0.3 is 10.0 Å². The van der Waals surface area contributed by atoms with Crippen molar-refractivity contribution in [1.29, 1.82) is 0 Å². The molecule has 130 valence electrons. The van der Waals surface area contributed by atoms with Gasteiger partial charge in [0, 0.05) is 38.8 Å². The first-order valence-electron chi connectivity index (χ1n) is 8.17. The summed E-state index contributed by atoms with van der Waals surface area (Å²) in [6.45, 7) is 3.95. The molecule has 1 saturated heterocycles. The van der Waals surface area contributed by atoms with Crippen LogP contribution < -0.4 is 0 Å². The Kier molecular flexibility index (Phi) is 5.63. The summed E-state index contributed by atoms with van der Waals surface area (Å²) in [5, 5.41) is 10.6. The molecule has 0 spiro atoms. The van der Waals surface area contributed by atoms with Gasteiger partial charge in [0.1, 0.15) is 0 Å². The topological polar surface area (TPSA) is 60.9 Å². The molecular weight excluding hydrogens is 336 g/mol. The van der Waals surface area contributed by atoms with Crippen molar-refractivity contribution in [3.8, 4) is 0 Å². The zero-order valence-electron chi connectivity index (χ0n) is 13.8. The fourth-order valence-corrected chi connectivity index (χ4v) is 3.73. The van der Waals surface area contributed by atoms with Crippen LogP contribution >= 0.6 is 11.3 Å². The molecule has 2 aromatic rings. The van der Waals surface area contributed by atoms with E-state index in [0.29, 0.717) is 23.5 Å².